The molecule has 0 aromatic carbocycles. The number of hydrogen-bond acceptors (Lipinski definition) is 3. The van der Waals surface area contributed by atoms with Crippen molar-refractivity contribution < 1.29 is 14.6 Å². The van der Waals surface area contributed by atoms with Crippen LogP contribution in [0.2, 0.25) is 19.6 Å². The molecule has 1 N–H and O–H groups in total. The van der Waals surface area contributed by atoms with E-state index in [0.717, 1.165) is 0 Å². The van der Waals surface area contributed by atoms with Gasteiger partial charge in [0.05, 0.1) is 21.3 Å². The molecule has 0 aliphatic carbocycles. The molecule has 0 spiro atoms. The SMILES string of the molecule is COC(=O)CCCC(O)/C=C/[Si](C)(C)C. The molecule has 0 saturated carbocycles. The second-order valence-corrected chi connectivity index (χ2v) is 9.83. The first-order chi connectivity index (χ1) is 6.85. The summed E-state index contributed by atoms with van der Waals surface area (Å²) in [5.74, 6) is -0.212. The lowest BCUT2D eigenvalue weighted by molar-refractivity contribution is -0.140. The lowest BCUT2D eigenvalue weighted by atomic mass is 10.1. The molecule has 0 fully saturated rings. The Labute approximate surface area is 93.1 Å². The third-order valence-corrected chi connectivity index (χ3v) is 3.12. The minimum absolute atomic E-state index is 0.212. The maximum absolute atomic E-state index is 10.8. The molecular weight excluding hydrogens is 208 g/mol. The Morgan fingerprint density at radius 1 is 1.47 bits per heavy atom. The van der Waals surface area contributed by atoms with Crippen LogP contribution >= 0.6 is 0 Å². The van der Waals surface area contributed by atoms with Crippen molar-refractivity contribution >= 4 is 14.0 Å². The van der Waals surface area contributed by atoms with Crippen LogP contribution in [0.5, 0.6) is 0 Å². The molecular formula is C11H22O3Si. The van der Waals surface area contributed by atoms with Crippen molar-refractivity contribution in [3.8, 4) is 0 Å². The first-order valence-electron chi connectivity index (χ1n) is 5.29. The Morgan fingerprint density at radius 3 is 2.53 bits per heavy atom. The number of carbonyl (C=O) groups is 1. The minimum atomic E-state index is -1.22. The zero-order valence-corrected chi connectivity index (χ0v) is 11.1. The highest BCUT2D eigenvalue weighted by Gasteiger charge is 2.09. The molecule has 1 atom stereocenters. The first-order valence-corrected chi connectivity index (χ1v) is 8.87. The maximum atomic E-state index is 10.8. The normalized spacial score (nSPS) is 14.2. The second kappa shape index (κ2) is 6.79. The molecule has 0 aromatic rings. The molecule has 0 amide bonds. The van der Waals surface area contributed by atoms with Crippen LogP contribution in [0.15, 0.2) is 11.8 Å². The fraction of sp³-hybridized carbons (Fsp3) is 0.727. The third kappa shape index (κ3) is 9.69. The maximum Gasteiger partial charge on any atom is 0.305 e. The number of methoxy groups -OCH3 is 1. The number of hydrogen-bond donors (Lipinski definition) is 1. The van der Waals surface area contributed by atoms with E-state index in [9.17, 15) is 9.90 Å². The number of ether oxygens (including phenoxy) is 1. The summed E-state index contributed by atoms with van der Waals surface area (Å²) in [4.78, 5) is 10.8. The fourth-order valence-electron chi connectivity index (χ4n) is 1.05. The molecule has 0 aromatic heterocycles. The summed E-state index contributed by atoms with van der Waals surface area (Å²) in [5.41, 5.74) is 2.12. The van der Waals surface area contributed by atoms with Gasteiger partial charge in [-0.25, -0.2) is 0 Å². The summed E-state index contributed by atoms with van der Waals surface area (Å²) in [5, 5.41) is 9.58. The van der Waals surface area contributed by atoms with E-state index in [1.54, 1.807) is 0 Å². The first kappa shape index (κ1) is 14.4. The highest BCUT2D eigenvalue weighted by atomic mass is 28.3. The van der Waals surface area contributed by atoms with Gasteiger partial charge in [-0.05, 0) is 12.8 Å². The molecule has 0 bridgehead atoms. The zero-order valence-electron chi connectivity index (χ0n) is 10.1. The average Bonchev–Trinajstić information content (AvgIpc) is 2.13. The standard InChI is InChI=1S/C11H22O3Si/c1-14-11(13)7-5-6-10(12)8-9-15(2,3)4/h8-10,12H,5-7H2,1-4H3/b9-8+. The van der Waals surface area contributed by atoms with Crippen LogP contribution in [0.1, 0.15) is 19.3 Å². The van der Waals surface area contributed by atoms with Crippen molar-refractivity contribution in [2.24, 2.45) is 0 Å². The quantitative estimate of drug-likeness (QED) is 0.561. The Bertz CT molecular complexity index is 218. The van der Waals surface area contributed by atoms with Gasteiger partial charge in [-0.15, -0.1) is 0 Å². The highest BCUT2D eigenvalue weighted by Crippen LogP contribution is 2.07. The van der Waals surface area contributed by atoms with E-state index in [-0.39, 0.29) is 5.97 Å². The molecule has 3 nitrogen and oxygen atoms in total. The summed E-state index contributed by atoms with van der Waals surface area (Å²) >= 11 is 0. The van der Waals surface area contributed by atoms with Gasteiger partial charge in [0.2, 0.25) is 0 Å². The smallest absolute Gasteiger partial charge is 0.305 e. The van der Waals surface area contributed by atoms with Crippen LogP contribution in [-0.2, 0) is 9.53 Å². The molecule has 0 heterocycles. The van der Waals surface area contributed by atoms with Crippen LogP contribution in [-0.4, -0.2) is 32.4 Å². The lowest BCUT2D eigenvalue weighted by Gasteiger charge is -2.10. The van der Waals surface area contributed by atoms with E-state index in [2.05, 4.69) is 30.1 Å². The van der Waals surface area contributed by atoms with Gasteiger partial charge >= 0.3 is 5.97 Å². The summed E-state index contributed by atoms with van der Waals surface area (Å²) in [6, 6.07) is 0. The van der Waals surface area contributed by atoms with E-state index >= 15 is 0 Å². The average molecular weight is 230 g/mol. The second-order valence-electron chi connectivity index (χ2n) is 4.76. The summed E-state index contributed by atoms with van der Waals surface area (Å²) in [6.07, 6.45) is 3.10. The molecule has 88 valence electrons. The molecule has 0 rings (SSSR count). The molecule has 1 unspecified atom stereocenters. The Kier molecular flexibility index (Phi) is 6.52. The van der Waals surface area contributed by atoms with Crippen LogP contribution < -0.4 is 0 Å². The fourth-order valence-corrected chi connectivity index (χ4v) is 1.85. The monoisotopic (exact) mass is 230 g/mol. The van der Waals surface area contributed by atoms with Crippen LogP contribution in [0, 0.1) is 0 Å². The van der Waals surface area contributed by atoms with Crippen LogP contribution in [0.3, 0.4) is 0 Å². The molecule has 0 radical (unpaired) electrons. The topological polar surface area (TPSA) is 46.5 Å². The predicted molar refractivity (Wildman–Crippen MR) is 64.4 cm³/mol. The lowest BCUT2D eigenvalue weighted by Crippen LogP contribution is -2.17. The molecule has 4 heteroatoms. The van der Waals surface area contributed by atoms with E-state index in [4.69, 9.17) is 0 Å². The zero-order chi connectivity index (χ0) is 11.9. The molecule has 0 aliphatic heterocycles. The summed E-state index contributed by atoms with van der Waals surface area (Å²) in [7, 11) is 0.159. The van der Waals surface area contributed by atoms with Crippen LogP contribution in [0.4, 0.5) is 0 Å². The van der Waals surface area contributed by atoms with Crippen molar-refractivity contribution in [3.63, 3.8) is 0 Å². The van der Waals surface area contributed by atoms with Gasteiger partial charge in [-0.1, -0.05) is 31.4 Å². The van der Waals surface area contributed by atoms with Gasteiger partial charge in [-0.3, -0.25) is 4.79 Å². The number of aliphatic hydroxyl groups excluding tert-OH is 1. The Balaban J connectivity index is 3.71. The third-order valence-electron chi connectivity index (χ3n) is 1.93. The van der Waals surface area contributed by atoms with E-state index in [1.165, 1.54) is 7.11 Å². The van der Waals surface area contributed by atoms with E-state index in [0.29, 0.717) is 19.3 Å². The van der Waals surface area contributed by atoms with Gasteiger partial charge in [0, 0.05) is 6.42 Å². The summed E-state index contributed by atoms with van der Waals surface area (Å²) in [6.45, 7) is 6.64. The van der Waals surface area contributed by atoms with Crippen LogP contribution in [0.25, 0.3) is 0 Å². The number of carbonyl (C=O) groups excluding carboxylic acids is 1. The molecule has 15 heavy (non-hydrogen) atoms. The predicted octanol–water partition coefficient (Wildman–Crippen LogP) is 2.12. The minimum Gasteiger partial charge on any atom is -0.469 e. The van der Waals surface area contributed by atoms with Gasteiger partial charge in [-0.2, -0.15) is 0 Å². The van der Waals surface area contributed by atoms with Crippen molar-refractivity contribution in [2.75, 3.05) is 7.11 Å². The summed E-state index contributed by atoms with van der Waals surface area (Å²) < 4.78 is 4.51. The highest BCUT2D eigenvalue weighted by molar-refractivity contribution is 6.80. The van der Waals surface area contributed by atoms with Gasteiger partial charge in [0.1, 0.15) is 0 Å². The number of esters is 1. The van der Waals surface area contributed by atoms with Gasteiger partial charge < -0.3 is 9.84 Å². The van der Waals surface area contributed by atoms with Gasteiger partial charge in [0.15, 0.2) is 0 Å². The Hall–Kier alpha value is -0.613. The largest absolute Gasteiger partial charge is 0.469 e. The van der Waals surface area contributed by atoms with Gasteiger partial charge in [0.25, 0.3) is 0 Å². The van der Waals surface area contributed by atoms with Crippen molar-refractivity contribution in [1.82, 2.24) is 0 Å². The molecule has 0 saturated heterocycles. The van der Waals surface area contributed by atoms with E-state index < -0.39 is 14.2 Å². The number of rotatable bonds is 6. The number of aliphatic hydroxyl groups is 1. The molecule has 0 aliphatic rings. The van der Waals surface area contributed by atoms with E-state index in [1.807, 2.05) is 6.08 Å². The van der Waals surface area contributed by atoms with Crippen molar-refractivity contribution in [2.45, 2.75) is 45.0 Å². The van der Waals surface area contributed by atoms with Crippen molar-refractivity contribution in [1.29, 1.82) is 0 Å². The van der Waals surface area contributed by atoms with Crippen molar-refractivity contribution in [3.05, 3.63) is 11.8 Å². The Morgan fingerprint density at radius 2 is 2.07 bits per heavy atom.